The molecule has 0 fully saturated rings. The highest BCUT2D eigenvalue weighted by atomic mass is 79.9. The Bertz CT molecular complexity index is 693. The fourth-order valence-electron chi connectivity index (χ4n) is 2.71. The number of benzene rings is 2. The normalized spacial score (nSPS) is 13.6. The fourth-order valence-corrected chi connectivity index (χ4v) is 3.37. The van der Waals surface area contributed by atoms with Crippen molar-refractivity contribution in [2.75, 3.05) is 6.61 Å². The molecule has 0 saturated carbocycles. The molecule has 2 aromatic carbocycles. The molecule has 2 nitrogen and oxygen atoms in total. The average molecular weight is 462 g/mol. The largest absolute Gasteiger partial charge is 0.494 e. The summed E-state index contributed by atoms with van der Waals surface area (Å²) in [5.74, 6) is 1.47. The lowest BCUT2D eigenvalue weighted by Gasteiger charge is -2.18. The third kappa shape index (κ3) is 6.21. The van der Waals surface area contributed by atoms with Gasteiger partial charge in [0.15, 0.2) is 5.56 Å². The van der Waals surface area contributed by atoms with Crippen molar-refractivity contribution in [2.45, 2.75) is 62.8 Å². The van der Waals surface area contributed by atoms with Crippen molar-refractivity contribution < 1.29 is 9.47 Å². The van der Waals surface area contributed by atoms with E-state index < -0.39 is 5.56 Å². The number of alkyl halides is 2. The van der Waals surface area contributed by atoms with Crippen molar-refractivity contribution in [1.82, 2.24) is 0 Å². The molecule has 2 atom stereocenters. The van der Waals surface area contributed by atoms with E-state index in [1.807, 2.05) is 37.3 Å². The lowest BCUT2D eigenvalue weighted by atomic mass is 10.1. The maximum absolute atomic E-state index is 6.52. The van der Waals surface area contributed by atoms with Crippen LogP contribution < -0.4 is 9.47 Å². The first-order chi connectivity index (χ1) is 12.6. The van der Waals surface area contributed by atoms with Crippen molar-refractivity contribution in [2.24, 2.45) is 0 Å². The molecule has 0 amide bonds. The molecule has 0 heterocycles. The highest BCUT2D eigenvalue weighted by Crippen LogP contribution is 2.36. The Balaban J connectivity index is 2.01. The van der Waals surface area contributed by atoms with Gasteiger partial charge in [-0.25, -0.2) is 0 Å². The Hall–Kier alpha value is -0.640. The number of hydrogen-bond donors (Lipinski definition) is 0. The summed E-state index contributed by atoms with van der Waals surface area (Å²) in [5.41, 5.74) is -0.467. The number of ether oxygens (including phenoxy) is 2. The van der Waals surface area contributed by atoms with Crippen LogP contribution >= 0.6 is 39.1 Å². The van der Waals surface area contributed by atoms with Crippen LogP contribution in [0.3, 0.4) is 0 Å². The van der Waals surface area contributed by atoms with Crippen molar-refractivity contribution in [3.63, 3.8) is 0 Å². The fraction of sp³-hybridized carbons (Fsp3) is 0.524. The highest BCUT2D eigenvalue weighted by Gasteiger charge is 2.18. The number of rotatable bonds is 11. The van der Waals surface area contributed by atoms with Crippen LogP contribution in [0.15, 0.2) is 30.3 Å². The van der Waals surface area contributed by atoms with E-state index in [-0.39, 0.29) is 4.83 Å². The second-order valence-electron chi connectivity index (χ2n) is 6.42. The predicted octanol–water partition coefficient (Wildman–Crippen LogP) is 7.96. The zero-order chi connectivity index (χ0) is 18.9. The van der Waals surface area contributed by atoms with E-state index in [0.717, 1.165) is 36.0 Å². The molecule has 0 aromatic heterocycles. The molecule has 0 radical (unpaired) electrons. The topological polar surface area (TPSA) is 18.5 Å². The molecule has 2 rings (SSSR count). The zero-order valence-electron chi connectivity index (χ0n) is 15.4. The van der Waals surface area contributed by atoms with Crippen molar-refractivity contribution >= 4 is 49.9 Å². The molecule has 0 aliphatic heterocycles. The zero-order valence-corrected chi connectivity index (χ0v) is 18.5. The Kier molecular flexibility index (Phi) is 9.38. The van der Waals surface area contributed by atoms with Gasteiger partial charge in [0.1, 0.15) is 11.5 Å². The Labute approximate surface area is 175 Å². The van der Waals surface area contributed by atoms with Crippen LogP contribution in [0.25, 0.3) is 10.8 Å². The number of unbranched alkanes of at least 4 members (excludes halogenated alkanes) is 4. The third-order valence-electron chi connectivity index (χ3n) is 4.32. The van der Waals surface area contributed by atoms with Gasteiger partial charge in [-0.05, 0) is 42.5 Å². The monoisotopic (exact) mass is 460 g/mol. The van der Waals surface area contributed by atoms with Gasteiger partial charge in [0.25, 0.3) is 0 Å². The lowest BCUT2D eigenvalue weighted by Crippen LogP contribution is -2.20. The van der Waals surface area contributed by atoms with Gasteiger partial charge >= 0.3 is 0 Å². The molecule has 0 bridgehead atoms. The summed E-state index contributed by atoms with van der Waals surface area (Å²) in [5, 5.41) is 2.55. The summed E-state index contributed by atoms with van der Waals surface area (Å²) in [4.78, 5) is 0.0732. The SMILES string of the molecule is CCCCCCCOc1ccc2c(Cl)c(OC(Cl)C(Br)CC)ccc2c1. The maximum atomic E-state index is 6.52. The number of hydrogen-bond acceptors (Lipinski definition) is 2. The van der Waals surface area contributed by atoms with E-state index >= 15 is 0 Å². The summed E-state index contributed by atoms with van der Waals surface area (Å²) in [7, 11) is 0. The van der Waals surface area contributed by atoms with Crippen LogP contribution in [0.1, 0.15) is 52.4 Å². The lowest BCUT2D eigenvalue weighted by molar-refractivity contribution is 0.277. The summed E-state index contributed by atoms with van der Waals surface area (Å²) in [6.45, 7) is 5.02. The smallest absolute Gasteiger partial charge is 0.184 e. The summed E-state index contributed by atoms with van der Waals surface area (Å²) >= 11 is 16.3. The standard InChI is InChI=1S/C21H27BrCl2O2/c1-3-5-6-7-8-13-25-16-10-11-17-15(14-16)9-12-19(20(17)23)26-21(24)18(22)4-2/h9-12,14,18,21H,3-8,13H2,1-2H3. The summed E-state index contributed by atoms with van der Waals surface area (Å²) in [6.07, 6.45) is 7.03. The van der Waals surface area contributed by atoms with Gasteiger partial charge in [0.05, 0.1) is 16.5 Å². The van der Waals surface area contributed by atoms with Crippen LogP contribution in [0.2, 0.25) is 5.02 Å². The van der Waals surface area contributed by atoms with Gasteiger partial charge in [0.2, 0.25) is 0 Å². The van der Waals surface area contributed by atoms with Crippen LogP contribution in [0.5, 0.6) is 11.5 Å². The molecule has 0 aliphatic carbocycles. The first kappa shape index (κ1) is 21.7. The van der Waals surface area contributed by atoms with Crippen LogP contribution in [-0.2, 0) is 0 Å². The molecular weight excluding hydrogens is 435 g/mol. The molecule has 26 heavy (non-hydrogen) atoms. The van der Waals surface area contributed by atoms with Crippen LogP contribution in [-0.4, -0.2) is 17.0 Å². The van der Waals surface area contributed by atoms with E-state index in [1.54, 1.807) is 0 Å². The average Bonchev–Trinajstić information content (AvgIpc) is 2.66. The molecule has 0 aliphatic rings. The Morgan fingerprint density at radius 1 is 1.04 bits per heavy atom. The van der Waals surface area contributed by atoms with E-state index in [4.69, 9.17) is 32.7 Å². The minimum Gasteiger partial charge on any atom is -0.494 e. The Morgan fingerprint density at radius 3 is 2.54 bits per heavy atom. The van der Waals surface area contributed by atoms with Gasteiger partial charge in [-0.15, -0.1) is 0 Å². The summed E-state index contributed by atoms with van der Waals surface area (Å²) < 4.78 is 11.7. The molecule has 0 N–H and O–H groups in total. The van der Waals surface area contributed by atoms with Crippen molar-refractivity contribution in [3.05, 3.63) is 35.4 Å². The highest BCUT2D eigenvalue weighted by molar-refractivity contribution is 9.09. The molecule has 144 valence electrons. The van der Waals surface area contributed by atoms with E-state index in [0.29, 0.717) is 10.8 Å². The second-order valence-corrected chi connectivity index (χ2v) is 8.40. The maximum Gasteiger partial charge on any atom is 0.184 e. The van der Waals surface area contributed by atoms with Crippen molar-refractivity contribution in [3.8, 4) is 11.5 Å². The number of halogens is 3. The number of fused-ring (bicyclic) bond motifs is 1. The first-order valence-electron chi connectivity index (χ1n) is 9.36. The van der Waals surface area contributed by atoms with E-state index in [1.165, 1.54) is 25.7 Å². The third-order valence-corrected chi connectivity index (χ3v) is 6.54. The molecule has 0 saturated heterocycles. The summed E-state index contributed by atoms with van der Waals surface area (Å²) in [6, 6.07) is 9.81. The minimum atomic E-state index is -0.467. The van der Waals surface area contributed by atoms with Gasteiger partial charge in [-0.1, -0.05) is 84.7 Å². The van der Waals surface area contributed by atoms with Crippen molar-refractivity contribution in [1.29, 1.82) is 0 Å². The Morgan fingerprint density at radius 2 is 1.81 bits per heavy atom. The first-order valence-corrected chi connectivity index (χ1v) is 11.1. The minimum absolute atomic E-state index is 0.0732. The van der Waals surface area contributed by atoms with Gasteiger partial charge in [-0.3, -0.25) is 0 Å². The quantitative estimate of drug-likeness (QED) is 0.249. The molecular formula is C21H27BrCl2O2. The molecule has 2 unspecified atom stereocenters. The molecule has 2 aromatic rings. The van der Waals surface area contributed by atoms with E-state index in [2.05, 4.69) is 22.9 Å². The predicted molar refractivity (Wildman–Crippen MR) is 116 cm³/mol. The van der Waals surface area contributed by atoms with Gasteiger partial charge in [-0.2, -0.15) is 0 Å². The van der Waals surface area contributed by atoms with Gasteiger partial charge < -0.3 is 9.47 Å². The van der Waals surface area contributed by atoms with E-state index in [9.17, 15) is 0 Å². The molecule has 5 heteroatoms. The van der Waals surface area contributed by atoms with Crippen LogP contribution in [0, 0.1) is 0 Å². The second kappa shape index (κ2) is 11.3. The van der Waals surface area contributed by atoms with Crippen LogP contribution in [0.4, 0.5) is 0 Å². The van der Waals surface area contributed by atoms with Gasteiger partial charge in [0, 0.05) is 5.39 Å². The molecule has 0 spiro atoms.